The molecular formula is C8H11NOS. The molecule has 0 saturated carbocycles. The average molecular weight is 169 g/mol. The van der Waals surface area contributed by atoms with Gasteiger partial charge in [0.1, 0.15) is 10.8 Å². The summed E-state index contributed by atoms with van der Waals surface area (Å²) in [5, 5.41) is 0.943. The minimum Gasteiger partial charge on any atom is -0.459 e. The number of aliphatic imine (C=N–C) groups is 1. The standard InChI is InChI=1S/C8H11NOS/c1-6-4-5-7(10-6)8(9-2)11-3/h4-5H,1-3H3. The van der Waals surface area contributed by atoms with Crippen molar-refractivity contribution in [1.82, 2.24) is 0 Å². The zero-order valence-corrected chi connectivity index (χ0v) is 7.73. The maximum absolute atomic E-state index is 5.38. The molecule has 1 aromatic rings. The fraction of sp³-hybridized carbons (Fsp3) is 0.375. The number of aryl methyl sites for hydroxylation is 1. The van der Waals surface area contributed by atoms with Crippen LogP contribution >= 0.6 is 11.8 Å². The second kappa shape index (κ2) is 3.62. The van der Waals surface area contributed by atoms with Gasteiger partial charge in [-0.2, -0.15) is 0 Å². The molecule has 0 radical (unpaired) electrons. The van der Waals surface area contributed by atoms with Gasteiger partial charge in [-0.3, -0.25) is 4.99 Å². The predicted octanol–water partition coefficient (Wildman–Crippen LogP) is 2.33. The summed E-state index contributed by atoms with van der Waals surface area (Å²) in [6, 6.07) is 3.88. The van der Waals surface area contributed by atoms with Gasteiger partial charge in [0, 0.05) is 7.05 Å². The van der Waals surface area contributed by atoms with Crippen LogP contribution < -0.4 is 0 Å². The van der Waals surface area contributed by atoms with Crippen molar-refractivity contribution in [3.05, 3.63) is 23.7 Å². The highest BCUT2D eigenvalue weighted by Crippen LogP contribution is 2.13. The van der Waals surface area contributed by atoms with Gasteiger partial charge in [-0.1, -0.05) is 0 Å². The van der Waals surface area contributed by atoms with Crippen LogP contribution in [0.1, 0.15) is 11.5 Å². The zero-order valence-electron chi connectivity index (χ0n) is 6.92. The summed E-state index contributed by atoms with van der Waals surface area (Å²) in [5.74, 6) is 1.78. The summed E-state index contributed by atoms with van der Waals surface area (Å²) in [7, 11) is 1.77. The number of thioether (sulfide) groups is 1. The van der Waals surface area contributed by atoms with Crippen LogP contribution in [0.15, 0.2) is 21.5 Å². The predicted molar refractivity (Wildman–Crippen MR) is 49.4 cm³/mol. The van der Waals surface area contributed by atoms with Crippen LogP contribution in [0.2, 0.25) is 0 Å². The minimum absolute atomic E-state index is 0.859. The first kappa shape index (κ1) is 8.40. The quantitative estimate of drug-likeness (QED) is 0.476. The summed E-state index contributed by atoms with van der Waals surface area (Å²) in [6.45, 7) is 1.93. The molecule has 0 saturated heterocycles. The third-order valence-electron chi connectivity index (χ3n) is 1.35. The summed E-state index contributed by atoms with van der Waals surface area (Å²) < 4.78 is 5.38. The molecule has 0 N–H and O–H groups in total. The molecule has 3 heteroatoms. The van der Waals surface area contributed by atoms with E-state index in [1.54, 1.807) is 18.8 Å². The second-order valence-corrected chi connectivity index (χ2v) is 2.94. The fourth-order valence-corrected chi connectivity index (χ4v) is 1.35. The van der Waals surface area contributed by atoms with Crippen molar-refractivity contribution in [3.8, 4) is 0 Å². The van der Waals surface area contributed by atoms with E-state index in [1.807, 2.05) is 25.3 Å². The summed E-state index contributed by atoms with van der Waals surface area (Å²) in [5.41, 5.74) is 0. The molecule has 0 spiro atoms. The Morgan fingerprint density at radius 2 is 2.27 bits per heavy atom. The molecule has 0 amide bonds. The van der Waals surface area contributed by atoms with Crippen LogP contribution in [0.4, 0.5) is 0 Å². The molecule has 0 aliphatic carbocycles. The van der Waals surface area contributed by atoms with Crippen LogP contribution in [0, 0.1) is 6.92 Å². The van der Waals surface area contributed by atoms with E-state index in [4.69, 9.17) is 4.42 Å². The summed E-state index contributed by atoms with van der Waals surface area (Å²) in [6.07, 6.45) is 1.99. The molecule has 0 unspecified atom stereocenters. The van der Waals surface area contributed by atoms with Gasteiger partial charge in [0.15, 0.2) is 5.76 Å². The van der Waals surface area contributed by atoms with Crippen LogP contribution in [0.3, 0.4) is 0 Å². The van der Waals surface area contributed by atoms with Crippen LogP contribution in [-0.2, 0) is 0 Å². The molecule has 60 valence electrons. The van der Waals surface area contributed by atoms with Gasteiger partial charge in [0.2, 0.25) is 0 Å². The van der Waals surface area contributed by atoms with E-state index in [1.165, 1.54) is 0 Å². The monoisotopic (exact) mass is 169 g/mol. The summed E-state index contributed by atoms with van der Waals surface area (Å²) >= 11 is 1.59. The second-order valence-electron chi connectivity index (χ2n) is 2.14. The zero-order chi connectivity index (χ0) is 8.27. The minimum atomic E-state index is 0.859. The van der Waals surface area contributed by atoms with Gasteiger partial charge in [0.25, 0.3) is 0 Å². The largest absolute Gasteiger partial charge is 0.459 e. The van der Waals surface area contributed by atoms with Gasteiger partial charge in [-0.15, -0.1) is 11.8 Å². The number of rotatable bonds is 1. The molecule has 0 aliphatic heterocycles. The third kappa shape index (κ3) is 1.87. The molecule has 0 fully saturated rings. The molecular weight excluding hydrogens is 158 g/mol. The van der Waals surface area contributed by atoms with Crippen molar-refractivity contribution in [3.63, 3.8) is 0 Å². The van der Waals surface area contributed by atoms with Crippen LogP contribution in [0.25, 0.3) is 0 Å². The molecule has 0 aromatic carbocycles. The lowest BCUT2D eigenvalue weighted by molar-refractivity contribution is 0.527. The highest BCUT2D eigenvalue weighted by Gasteiger charge is 2.04. The van der Waals surface area contributed by atoms with Crippen LogP contribution in [-0.4, -0.2) is 18.3 Å². The SMILES string of the molecule is CN=C(SC)c1ccc(C)o1. The molecule has 2 nitrogen and oxygen atoms in total. The van der Waals surface area contributed by atoms with Crippen molar-refractivity contribution >= 4 is 16.8 Å². The first-order valence-corrected chi connectivity index (χ1v) is 4.58. The van der Waals surface area contributed by atoms with Gasteiger partial charge >= 0.3 is 0 Å². The highest BCUT2D eigenvalue weighted by atomic mass is 32.2. The lowest BCUT2D eigenvalue weighted by Crippen LogP contribution is -1.90. The van der Waals surface area contributed by atoms with Crippen molar-refractivity contribution < 1.29 is 4.42 Å². The van der Waals surface area contributed by atoms with E-state index in [0.29, 0.717) is 0 Å². The topological polar surface area (TPSA) is 25.5 Å². The number of furan rings is 1. The first-order valence-electron chi connectivity index (χ1n) is 3.35. The van der Waals surface area contributed by atoms with Gasteiger partial charge in [0.05, 0.1) is 0 Å². The number of hydrogen-bond acceptors (Lipinski definition) is 3. The van der Waals surface area contributed by atoms with Crippen LogP contribution in [0.5, 0.6) is 0 Å². The first-order chi connectivity index (χ1) is 5.27. The molecule has 1 heterocycles. The molecule has 0 atom stereocenters. The molecule has 0 bridgehead atoms. The molecule has 1 aromatic heterocycles. The lowest BCUT2D eigenvalue weighted by Gasteiger charge is -1.94. The fourth-order valence-electron chi connectivity index (χ4n) is 0.852. The molecule has 1 rings (SSSR count). The van der Waals surface area contributed by atoms with E-state index in [-0.39, 0.29) is 0 Å². The Balaban J connectivity index is 2.91. The van der Waals surface area contributed by atoms with Crippen molar-refractivity contribution in [2.45, 2.75) is 6.92 Å². The molecule has 0 aliphatic rings. The van der Waals surface area contributed by atoms with E-state index in [0.717, 1.165) is 16.6 Å². The van der Waals surface area contributed by atoms with Crippen molar-refractivity contribution in [2.24, 2.45) is 4.99 Å². The number of hydrogen-bond donors (Lipinski definition) is 0. The Hall–Kier alpha value is -0.700. The summed E-state index contributed by atoms with van der Waals surface area (Å²) in [4.78, 5) is 4.08. The Kier molecular flexibility index (Phi) is 2.76. The van der Waals surface area contributed by atoms with Gasteiger partial charge in [-0.25, -0.2) is 0 Å². The maximum atomic E-state index is 5.38. The van der Waals surface area contributed by atoms with E-state index < -0.39 is 0 Å². The smallest absolute Gasteiger partial charge is 0.158 e. The van der Waals surface area contributed by atoms with Crippen molar-refractivity contribution in [1.29, 1.82) is 0 Å². The average Bonchev–Trinajstić information content (AvgIpc) is 2.39. The molecule has 11 heavy (non-hydrogen) atoms. The van der Waals surface area contributed by atoms with Gasteiger partial charge in [-0.05, 0) is 25.3 Å². The lowest BCUT2D eigenvalue weighted by atomic mass is 10.4. The Bertz CT molecular complexity index is 265. The number of nitrogens with zero attached hydrogens (tertiary/aromatic N) is 1. The Labute approximate surface area is 70.7 Å². The van der Waals surface area contributed by atoms with E-state index in [2.05, 4.69) is 4.99 Å². The normalized spacial score (nSPS) is 12.1. The maximum Gasteiger partial charge on any atom is 0.158 e. The van der Waals surface area contributed by atoms with Crippen molar-refractivity contribution in [2.75, 3.05) is 13.3 Å². The van der Waals surface area contributed by atoms with E-state index in [9.17, 15) is 0 Å². The van der Waals surface area contributed by atoms with E-state index >= 15 is 0 Å². The third-order valence-corrected chi connectivity index (χ3v) is 2.12. The highest BCUT2D eigenvalue weighted by molar-refractivity contribution is 8.13. The Morgan fingerprint density at radius 3 is 2.64 bits per heavy atom. The Morgan fingerprint density at radius 1 is 1.55 bits per heavy atom. The van der Waals surface area contributed by atoms with Gasteiger partial charge < -0.3 is 4.42 Å².